The Morgan fingerprint density at radius 3 is 2.70 bits per heavy atom. The smallest absolute Gasteiger partial charge is 0.322 e. The molecule has 0 aromatic heterocycles. The van der Waals surface area contributed by atoms with Gasteiger partial charge in [-0.05, 0) is 51.4 Å². The Labute approximate surface area is 138 Å². The number of nitrogens with zero attached hydrogens (tertiary/aromatic N) is 2. The number of carbonyl (C=O) groups is 1. The summed E-state index contributed by atoms with van der Waals surface area (Å²) in [5.41, 5.74) is 13.5. The maximum Gasteiger partial charge on any atom is 0.322 e. The van der Waals surface area contributed by atoms with Crippen molar-refractivity contribution in [3.63, 3.8) is 0 Å². The summed E-state index contributed by atoms with van der Waals surface area (Å²) < 4.78 is 0. The zero-order valence-corrected chi connectivity index (χ0v) is 14.2. The van der Waals surface area contributed by atoms with Gasteiger partial charge in [-0.15, -0.1) is 5.11 Å². The molecule has 1 aromatic rings. The minimum absolute atomic E-state index is 0. The number of amides is 2. The highest BCUT2D eigenvalue weighted by atomic mass is 16.2. The molecule has 1 fully saturated rings. The minimum Gasteiger partial charge on any atom is -0.333 e. The zero-order valence-electron chi connectivity index (χ0n) is 14.2. The van der Waals surface area contributed by atoms with Gasteiger partial charge in [0.25, 0.3) is 0 Å². The number of nitrogens with two attached hydrogens (primary N) is 1. The van der Waals surface area contributed by atoms with E-state index in [4.69, 9.17) is 10.9 Å². The zero-order chi connectivity index (χ0) is 17.6. The molecule has 7 nitrogen and oxygen atoms in total. The van der Waals surface area contributed by atoms with Gasteiger partial charge in [-0.1, -0.05) is 13.0 Å². The summed E-state index contributed by atoms with van der Waals surface area (Å²) in [4.78, 5) is 14.2. The Kier molecular flexibility index (Phi) is 6.84. The van der Waals surface area contributed by atoms with Gasteiger partial charge in [0.15, 0.2) is 5.84 Å². The highest BCUT2D eigenvalue weighted by Crippen LogP contribution is 2.28. The van der Waals surface area contributed by atoms with Crippen molar-refractivity contribution in [2.45, 2.75) is 45.7 Å². The standard InChI is InChI=1S/C15H21N5O.CH5N.H2/c1-4-12-7-10(3)20(12)15(21)18-11-6-5-9(2)13(8-11)14(16)19-17;1-2;/h5-6,8,10,12,16-17H,4,7H2,1-3H3,(H,18,21);2H2,1H3;1H. The van der Waals surface area contributed by atoms with E-state index in [0.717, 1.165) is 18.4 Å². The lowest BCUT2D eigenvalue weighted by Gasteiger charge is -2.46. The summed E-state index contributed by atoms with van der Waals surface area (Å²) in [6.07, 6.45) is 2.00. The van der Waals surface area contributed by atoms with Crippen molar-refractivity contribution in [2.75, 3.05) is 12.4 Å². The first-order valence-electron chi connectivity index (χ1n) is 7.72. The van der Waals surface area contributed by atoms with E-state index in [0.29, 0.717) is 17.3 Å². The van der Waals surface area contributed by atoms with E-state index < -0.39 is 0 Å². The lowest BCUT2D eigenvalue weighted by Crippen LogP contribution is -2.58. The predicted octanol–water partition coefficient (Wildman–Crippen LogP) is 3.58. The van der Waals surface area contributed by atoms with Gasteiger partial charge < -0.3 is 16.0 Å². The fourth-order valence-electron chi connectivity index (χ4n) is 2.78. The number of rotatable bonds is 3. The van der Waals surface area contributed by atoms with Gasteiger partial charge in [0.1, 0.15) is 0 Å². The summed E-state index contributed by atoms with van der Waals surface area (Å²) in [5.74, 6) is -0.104. The van der Waals surface area contributed by atoms with Crippen LogP contribution >= 0.6 is 0 Å². The molecule has 2 unspecified atom stereocenters. The van der Waals surface area contributed by atoms with Crippen LogP contribution in [-0.4, -0.2) is 35.9 Å². The molecule has 2 rings (SSSR count). The number of hydrogen-bond donors (Lipinski definition) is 4. The van der Waals surface area contributed by atoms with Crippen LogP contribution < -0.4 is 11.1 Å². The first kappa shape index (κ1) is 18.8. The van der Waals surface area contributed by atoms with Crippen molar-refractivity contribution < 1.29 is 6.22 Å². The lowest BCUT2D eigenvalue weighted by atomic mass is 9.93. The second-order valence-corrected chi connectivity index (χ2v) is 5.47. The highest BCUT2D eigenvalue weighted by Gasteiger charge is 2.37. The monoisotopic (exact) mass is 320 g/mol. The van der Waals surface area contributed by atoms with Crippen LogP contribution in [0.1, 0.15) is 39.2 Å². The molecule has 1 aliphatic heterocycles. The van der Waals surface area contributed by atoms with E-state index in [1.54, 1.807) is 12.1 Å². The van der Waals surface area contributed by atoms with Gasteiger partial charge >= 0.3 is 6.03 Å². The molecule has 23 heavy (non-hydrogen) atoms. The number of anilines is 1. The third-order valence-corrected chi connectivity index (χ3v) is 4.04. The molecule has 2 amide bonds. The molecule has 0 aliphatic carbocycles. The fraction of sp³-hybridized carbons (Fsp3) is 0.500. The van der Waals surface area contributed by atoms with Crippen LogP contribution in [-0.2, 0) is 0 Å². The van der Waals surface area contributed by atoms with Crippen LogP contribution in [0.2, 0.25) is 0 Å². The first-order valence-corrected chi connectivity index (χ1v) is 7.72. The largest absolute Gasteiger partial charge is 0.333 e. The van der Waals surface area contributed by atoms with E-state index in [2.05, 4.69) is 23.1 Å². The van der Waals surface area contributed by atoms with E-state index in [9.17, 15) is 4.79 Å². The number of aryl methyl sites for hydroxylation is 1. The van der Waals surface area contributed by atoms with E-state index >= 15 is 0 Å². The van der Waals surface area contributed by atoms with E-state index in [1.807, 2.05) is 24.8 Å². The molecule has 1 aromatic carbocycles. The number of nitrogens with one attached hydrogen (secondary N) is 3. The molecule has 1 aliphatic rings. The van der Waals surface area contributed by atoms with Gasteiger partial charge in [-0.3, -0.25) is 5.41 Å². The molecule has 0 saturated carbocycles. The molecule has 1 heterocycles. The molecule has 7 heteroatoms. The second kappa shape index (κ2) is 8.38. The Balaban J connectivity index is 0.00000170. The van der Waals surface area contributed by atoms with Crippen molar-refractivity contribution in [3.05, 3.63) is 29.3 Å². The summed E-state index contributed by atoms with van der Waals surface area (Å²) in [5, 5.41) is 13.7. The summed E-state index contributed by atoms with van der Waals surface area (Å²) in [6.45, 7) is 5.98. The molecular formula is C16H28N6O. The minimum atomic E-state index is -0.107. The van der Waals surface area contributed by atoms with Crippen LogP contribution in [0.15, 0.2) is 23.3 Å². The molecule has 1 saturated heterocycles. The summed E-state index contributed by atoms with van der Waals surface area (Å²) in [7, 11) is 1.50. The van der Waals surface area contributed by atoms with Crippen molar-refractivity contribution in [3.8, 4) is 0 Å². The number of likely N-dealkylation sites (tertiary alicyclic amines) is 1. The Morgan fingerprint density at radius 1 is 1.52 bits per heavy atom. The van der Waals surface area contributed by atoms with Crippen molar-refractivity contribution in [2.24, 2.45) is 10.8 Å². The van der Waals surface area contributed by atoms with Gasteiger partial charge in [0, 0.05) is 24.8 Å². The normalized spacial score (nSPS) is 19.1. The van der Waals surface area contributed by atoms with Crippen molar-refractivity contribution in [1.82, 2.24) is 4.90 Å². The Bertz CT molecular complexity index is 592. The molecule has 0 radical (unpaired) electrons. The first-order chi connectivity index (χ1) is 11.0. The van der Waals surface area contributed by atoms with Crippen LogP contribution in [0.25, 0.3) is 0 Å². The van der Waals surface area contributed by atoms with Crippen LogP contribution in [0, 0.1) is 17.9 Å². The van der Waals surface area contributed by atoms with Crippen LogP contribution in [0.4, 0.5) is 10.5 Å². The van der Waals surface area contributed by atoms with Crippen LogP contribution in [0.5, 0.6) is 0 Å². The third kappa shape index (κ3) is 4.13. The summed E-state index contributed by atoms with van der Waals surface area (Å²) >= 11 is 0. The molecule has 0 spiro atoms. The lowest BCUT2D eigenvalue weighted by molar-refractivity contribution is 0.0688. The molecule has 128 valence electrons. The predicted molar refractivity (Wildman–Crippen MR) is 94.4 cm³/mol. The highest BCUT2D eigenvalue weighted by molar-refractivity contribution is 6.00. The van der Waals surface area contributed by atoms with Gasteiger partial charge in [0.05, 0.1) is 0 Å². The van der Waals surface area contributed by atoms with Gasteiger partial charge in [-0.2, -0.15) is 0 Å². The van der Waals surface area contributed by atoms with E-state index in [-0.39, 0.29) is 19.3 Å². The summed E-state index contributed by atoms with van der Waals surface area (Å²) in [6, 6.07) is 5.79. The fourth-order valence-corrected chi connectivity index (χ4v) is 2.78. The molecule has 0 bridgehead atoms. The van der Waals surface area contributed by atoms with Gasteiger partial charge in [-0.25, -0.2) is 10.3 Å². The Hall–Kier alpha value is -2.28. The third-order valence-electron chi connectivity index (χ3n) is 4.04. The number of amidine groups is 1. The second-order valence-electron chi connectivity index (χ2n) is 5.47. The average Bonchev–Trinajstić information content (AvgIpc) is 2.55. The quantitative estimate of drug-likeness (QED) is 0.387. The topological polar surface area (TPSA) is 118 Å². The number of urea groups is 1. The van der Waals surface area contributed by atoms with Gasteiger partial charge in [0.2, 0.25) is 0 Å². The van der Waals surface area contributed by atoms with E-state index in [1.165, 1.54) is 7.05 Å². The van der Waals surface area contributed by atoms with Crippen molar-refractivity contribution in [1.29, 1.82) is 10.9 Å². The average molecular weight is 320 g/mol. The number of hydrogen-bond acceptors (Lipinski definition) is 4. The number of carbonyl (C=O) groups excluding carboxylic acids is 1. The molecule has 5 N–H and O–H groups in total. The molecule has 2 atom stereocenters. The van der Waals surface area contributed by atoms with Crippen LogP contribution in [0.3, 0.4) is 0 Å². The Morgan fingerprint density at radius 2 is 2.17 bits per heavy atom. The molecular weight excluding hydrogens is 292 g/mol. The van der Waals surface area contributed by atoms with Crippen molar-refractivity contribution >= 4 is 17.6 Å². The number of benzene rings is 1. The maximum atomic E-state index is 12.3. The SMILES string of the molecule is CCC1CC(C)N1C(=O)Nc1ccc(C)c(C(=N)N=N)c1.CN.[HH]. The maximum absolute atomic E-state index is 12.3.